The number of aryl methyl sites for hydroxylation is 1. The predicted molar refractivity (Wildman–Crippen MR) is 81.5 cm³/mol. The Morgan fingerprint density at radius 1 is 1.15 bits per heavy atom. The summed E-state index contributed by atoms with van der Waals surface area (Å²) < 4.78 is 2.13. The zero-order chi connectivity index (χ0) is 14.2. The lowest BCUT2D eigenvalue weighted by molar-refractivity contribution is -0.122. The van der Waals surface area contributed by atoms with Crippen LogP contribution in [-0.2, 0) is 11.3 Å². The van der Waals surface area contributed by atoms with Gasteiger partial charge in [0, 0.05) is 25.5 Å². The normalized spacial score (nSPS) is 12.1. The van der Waals surface area contributed by atoms with Gasteiger partial charge in [-0.05, 0) is 30.5 Å². The molecule has 1 aromatic heterocycles. The molecule has 0 radical (unpaired) electrons. The topological polar surface area (TPSA) is 34.0 Å². The molecule has 1 heterocycles. The minimum atomic E-state index is -0.0391. The molecule has 2 aromatic rings. The number of carbonyl (C=O) groups excluding carboxylic acids is 1. The first-order valence-corrected chi connectivity index (χ1v) is 7.24. The van der Waals surface area contributed by atoms with E-state index in [0.717, 1.165) is 31.5 Å². The molecule has 106 valence electrons. The van der Waals surface area contributed by atoms with Gasteiger partial charge in [0.05, 0.1) is 5.92 Å². The number of hydrogen-bond acceptors (Lipinski definition) is 1. The maximum absolute atomic E-state index is 12.2. The number of hydrogen-bond donors (Lipinski definition) is 1. The van der Waals surface area contributed by atoms with Crippen LogP contribution in [0.4, 0.5) is 0 Å². The van der Waals surface area contributed by atoms with Gasteiger partial charge in [-0.15, -0.1) is 0 Å². The van der Waals surface area contributed by atoms with Gasteiger partial charge in [-0.1, -0.05) is 37.3 Å². The predicted octanol–water partition coefficient (Wildman–Crippen LogP) is 3.19. The van der Waals surface area contributed by atoms with Crippen molar-refractivity contribution in [2.24, 2.45) is 0 Å². The van der Waals surface area contributed by atoms with E-state index in [1.165, 1.54) is 0 Å². The summed E-state index contributed by atoms with van der Waals surface area (Å²) in [7, 11) is 0. The first kappa shape index (κ1) is 14.4. The number of amides is 1. The third-order valence-corrected chi connectivity index (χ3v) is 3.49. The molecule has 0 aliphatic carbocycles. The number of benzene rings is 1. The highest BCUT2D eigenvalue weighted by Crippen LogP contribution is 2.19. The second-order valence-electron chi connectivity index (χ2n) is 4.94. The average molecular weight is 270 g/mol. The van der Waals surface area contributed by atoms with Gasteiger partial charge in [0.2, 0.25) is 5.91 Å². The van der Waals surface area contributed by atoms with E-state index in [0.29, 0.717) is 0 Å². The lowest BCUT2D eigenvalue weighted by atomic mass is 9.96. The van der Waals surface area contributed by atoms with Crippen LogP contribution in [0.5, 0.6) is 0 Å². The van der Waals surface area contributed by atoms with Crippen LogP contribution in [0.15, 0.2) is 54.9 Å². The second-order valence-corrected chi connectivity index (χ2v) is 4.94. The van der Waals surface area contributed by atoms with Crippen molar-refractivity contribution in [1.29, 1.82) is 0 Å². The molecule has 0 saturated heterocycles. The lowest BCUT2D eigenvalue weighted by Crippen LogP contribution is -2.30. The van der Waals surface area contributed by atoms with Gasteiger partial charge in [-0.3, -0.25) is 4.79 Å². The first-order chi connectivity index (χ1) is 9.81. The number of nitrogens with zero attached hydrogens (tertiary/aromatic N) is 1. The largest absolute Gasteiger partial charge is 0.356 e. The van der Waals surface area contributed by atoms with Gasteiger partial charge in [-0.25, -0.2) is 0 Å². The summed E-state index contributed by atoms with van der Waals surface area (Å²) in [4.78, 5) is 12.2. The number of aromatic nitrogens is 1. The molecule has 0 saturated carbocycles. The fourth-order valence-electron chi connectivity index (χ4n) is 2.37. The molecule has 3 nitrogen and oxygen atoms in total. The minimum absolute atomic E-state index is 0.0391. The Balaban J connectivity index is 1.78. The number of rotatable bonds is 7. The summed E-state index contributed by atoms with van der Waals surface area (Å²) >= 11 is 0. The fraction of sp³-hybridized carbons (Fsp3) is 0.353. The summed E-state index contributed by atoms with van der Waals surface area (Å²) in [6, 6.07) is 14.0. The zero-order valence-electron chi connectivity index (χ0n) is 12.0. The molecule has 1 atom stereocenters. The van der Waals surface area contributed by atoms with Gasteiger partial charge >= 0.3 is 0 Å². The Labute approximate surface area is 120 Å². The van der Waals surface area contributed by atoms with Crippen LogP contribution in [0, 0.1) is 0 Å². The molecule has 0 spiro atoms. The molecule has 0 bridgehead atoms. The van der Waals surface area contributed by atoms with Gasteiger partial charge in [0.15, 0.2) is 0 Å². The maximum atomic E-state index is 12.2. The number of carbonyl (C=O) groups is 1. The molecule has 0 aliphatic heterocycles. The Morgan fingerprint density at radius 3 is 2.50 bits per heavy atom. The summed E-state index contributed by atoms with van der Waals surface area (Å²) in [5, 5.41) is 3.04. The molecule has 2 rings (SSSR count). The van der Waals surface area contributed by atoms with Gasteiger partial charge in [0.25, 0.3) is 0 Å². The van der Waals surface area contributed by atoms with Crippen LogP contribution >= 0.6 is 0 Å². The Morgan fingerprint density at radius 2 is 1.85 bits per heavy atom. The highest BCUT2D eigenvalue weighted by atomic mass is 16.1. The Hall–Kier alpha value is -2.03. The fourth-order valence-corrected chi connectivity index (χ4v) is 2.37. The van der Waals surface area contributed by atoms with Crippen molar-refractivity contribution in [1.82, 2.24) is 9.88 Å². The summed E-state index contributed by atoms with van der Waals surface area (Å²) in [5.74, 6) is 0.0917. The van der Waals surface area contributed by atoms with E-state index in [1.54, 1.807) is 0 Å². The molecule has 3 heteroatoms. The average Bonchev–Trinajstić information content (AvgIpc) is 2.99. The van der Waals surface area contributed by atoms with Crippen molar-refractivity contribution in [3.05, 3.63) is 60.4 Å². The molecule has 1 N–H and O–H groups in total. The Kier molecular flexibility index (Phi) is 5.42. The summed E-state index contributed by atoms with van der Waals surface area (Å²) in [6.45, 7) is 3.72. The number of nitrogens with one attached hydrogen (secondary N) is 1. The van der Waals surface area contributed by atoms with Crippen molar-refractivity contribution < 1.29 is 4.79 Å². The van der Waals surface area contributed by atoms with E-state index in [-0.39, 0.29) is 11.8 Å². The maximum Gasteiger partial charge on any atom is 0.227 e. The van der Waals surface area contributed by atoms with Crippen LogP contribution in [0.3, 0.4) is 0 Å². The quantitative estimate of drug-likeness (QED) is 0.770. The zero-order valence-corrected chi connectivity index (χ0v) is 12.0. The van der Waals surface area contributed by atoms with Crippen molar-refractivity contribution >= 4 is 5.91 Å². The van der Waals surface area contributed by atoms with Crippen LogP contribution in [0.2, 0.25) is 0 Å². The molecule has 0 aliphatic rings. The van der Waals surface area contributed by atoms with Crippen LogP contribution in [0.1, 0.15) is 31.2 Å². The molecule has 0 fully saturated rings. The second kappa shape index (κ2) is 7.53. The SMILES string of the molecule is CCC(C(=O)NCCCn1cccc1)c1ccccc1. The van der Waals surface area contributed by atoms with Gasteiger partial charge in [-0.2, -0.15) is 0 Å². The van der Waals surface area contributed by atoms with Crippen LogP contribution < -0.4 is 5.32 Å². The van der Waals surface area contributed by atoms with E-state index in [9.17, 15) is 4.79 Å². The van der Waals surface area contributed by atoms with Crippen molar-refractivity contribution in [3.63, 3.8) is 0 Å². The van der Waals surface area contributed by atoms with Crippen molar-refractivity contribution in [3.8, 4) is 0 Å². The molecule has 1 unspecified atom stereocenters. The van der Waals surface area contributed by atoms with E-state index in [2.05, 4.69) is 16.8 Å². The van der Waals surface area contributed by atoms with Crippen molar-refractivity contribution in [2.45, 2.75) is 32.2 Å². The van der Waals surface area contributed by atoms with E-state index in [4.69, 9.17) is 0 Å². The van der Waals surface area contributed by atoms with E-state index >= 15 is 0 Å². The van der Waals surface area contributed by atoms with Crippen LogP contribution in [-0.4, -0.2) is 17.0 Å². The molecular weight excluding hydrogens is 248 g/mol. The van der Waals surface area contributed by atoms with E-state index in [1.807, 2.05) is 54.9 Å². The summed E-state index contributed by atoms with van der Waals surface area (Å²) in [5.41, 5.74) is 1.10. The Bertz CT molecular complexity index is 505. The highest BCUT2D eigenvalue weighted by molar-refractivity contribution is 5.83. The molecular formula is C17H22N2O. The molecule has 1 aromatic carbocycles. The van der Waals surface area contributed by atoms with Crippen molar-refractivity contribution in [2.75, 3.05) is 6.54 Å². The molecule has 20 heavy (non-hydrogen) atoms. The third kappa shape index (κ3) is 3.98. The summed E-state index contributed by atoms with van der Waals surface area (Å²) in [6.07, 6.45) is 5.86. The third-order valence-electron chi connectivity index (χ3n) is 3.49. The van der Waals surface area contributed by atoms with Crippen LogP contribution in [0.25, 0.3) is 0 Å². The smallest absolute Gasteiger partial charge is 0.227 e. The minimum Gasteiger partial charge on any atom is -0.356 e. The first-order valence-electron chi connectivity index (χ1n) is 7.24. The molecule has 1 amide bonds. The van der Waals surface area contributed by atoms with Gasteiger partial charge in [0.1, 0.15) is 0 Å². The highest BCUT2D eigenvalue weighted by Gasteiger charge is 2.17. The lowest BCUT2D eigenvalue weighted by Gasteiger charge is -2.15. The van der Waals surface area contributed by atoms with E-state index < -0.39 is 0 Å². The standard InChI is InChI=1S/C17H22N2O/c1-2-16(15-9-4-3-5-10-15)17(20)18-11-8-14-19-12-6-7-13-19/h3-7,9-10,12-13,16H,2,8,11,14H2,1H3,(H,18,20). The van der Waals surface area contributed by atoms with Gasteiger partial charge < -0.3 is 9.88 Å². The monoisotopic (exact) mass is 270 g/mol.